The van der Waals surface area contributed by atoms with E-state index in [1.54, 1.807) is 6.20 Å². The third kappa shape index (κ3) is 4.03. The number of imidazole rings is 2. The smallest absolute Gasteiger partial charge is 0.139 e. The maximum absolute atomic E-state index is 10.1. The van der Waals surface area contributed by atoms with Crippen LogP contribution in [-0.2, 0) is 17.9 Å². The zero-order valence-corrected chi connectivity index (χ0v) is 12.5. The van der Waals surface area contributed by atoms with Crippen LogP contribution in [0.25, 0.3) is 0 Å². The maximum atomic E-state index is 10.1. The summed E-state index contributed by atoms with van der Waals surface area (Å²) in [6, 6.07) is 0. The number of aldehydes is 1. The molecule has 6 nitrogen and oxygen atoms in total. The molecule has 20 heavy (non-hydrogen) atoms. The fourth-order valence-electron chi connectivity index (χ4n) is 1.95. The Kier molecular flexibility index (Phi) is 6.11. The second kappa shape index (κ2) is 7.59. The van der Waals surface area contributed by atoms with E-state index in [0.717, 1.165) is 29.3 Å². The van der Waals surface area contributed by atoms with Crippen molar-refractivity contribution < 1.29 is 9.90 Å². The van der Waals surface area contributed by atoms with E-state index in [9.17, 15) is 4.79 Å². The quantitative estimate of drug-likeness (QED) is 0.853. The summed E-state index contributed by atoms with van der Waals surface area (Å²) in [4.78, 5) is 18.3. The molecular formula is C14H22N4O2. The summed E-state index contributed by atoms with van der Waals surface area (Å²) in [5, 5.41) is 8.64. The van der Waals surface area contributed by atoms with Crippen LogP contribution in [0.4, 0.5) is 0 Å². The summed E-state index contributed by atoms with van der Waals surface area (Å²) in [7, 11) is 0. The first kappa shape index (κ1) is 16.1. The Hall–Kier alpha value is -1.95. The number of aliphatic hydroxyl groups is 1. The number of aliphatic hydroxyl groups excluding tert-OH is 1. The molecule has 110 valence electrons. The van der Waals surface area contributed by atoms with Crippen LogP contribution < -0.4 is 0 Å². The van der Waals surface area contributed by atoms with E-state index in [0.29, 0.717) is 13.1 Å². The lowest BCUT2D eigenvalue weighted by molar-refractivity contribution is -0.108. The van der Waals surface area contributed by atoms with Crippen molar-refractivity contribution >= 4 is 6.29 Å². The first-order chi connectivity index (χ1) is 9.51. The lowest BCUT2D eigenvalue weighted by atomic mass is 10.5. The van der Waals surface area contributed by atoms with Crippen molar-refractivity contribution in [2.24, 2.45) is 0 Å². The van der Waals surface area contributed by atoms with Crippen LogP contribution in [0.2, 0.25) is 0 Å². The summed E-state index contributed by atoms with van der Waals surface area (Å²) >= 11 is 0. The Balaban J connectivity index is 0.000000200. The number of aryl methyl sites for hydroxylation is 4. The fourth-order valence-corrected chi connectivity index (χ4v) is 1.95. The summed E-state index contributed by atoms with van der Waals surface area (Å²) in [6.45, 7) is 8.98. The number of rotatable bonds is 4. The highest BCUT2D eigenvalue weighted by Crippen LogP contribution is 2.01. The van der Waals surface area contributed by atoms with E-state index in [4.69, 9.17) is 5.11 Å². The molecule has 0 atom stereocenters. The third-order valence-electron chi connectivity index (χ3n) is 3.09. The predicted molar refractivity (Wildman–Crippen MR) is 76.6 cm³/mol. The molecule has 2 rings (SSSR count). The van der Waals surface area contributed by atoms with Crippen molar-refractivity contribution in [2.45, 2.75) is 40.8 Å². The van der Waals surface area contributed by atoms with Gasteiger partial charge in [0.1, 0.15) is 17.9 Å². The van der Waals surface area contributed by atoms with Crippen molar-refractivity contribution in [1.29, 1.82) is 0 Å². The predicted octanol–water partition coefficient (Wildman–Crippen LogP) is 1.19. The summed E-state index contributed by atoms with van der Waals surface area (Å²) in [5.41, 5.74) is 2.14. The molecule has 0 saturated heterocycles. The largest absolute Gasteiger partial charge is 0.395 e. The van der Waals surface area contributed by atoms with Crippen molar-refractivity contribution in [3.63, 3.8) is 0 Å². The lowest BCUT2D eigenvalue weighted by Crippen LogP contribution is -2.05. The van der Waals surface area contributed by atoms with Crippen LogP contribution in [0, 0.1) is 27.7 Å². The number of aromatic nitrogens is 4. The van der Waals surface area contributed by atoms with Gasteiger partial charge in [-0.3, -0.25) is 0 Å². The molecule has 0 aliphatic carbocycles. The van der Waals surface area contributed by atoms with Crippen molar-refractivity contribution in [2.75, 3.05) is 6.61 Å². The molecule has 0 aromatic carbocycles. The Morgan fingerprint density at radius 3 is 1.90 bits per heavy atom. The van der Waals surface area contributed by atoms with Crippen LogP contribution in [0.15, 0.2) is 12.4 Å². The number of nitrogens with zero attached hydrogens (tertiary/aromatic N) is 4. The van der Waals surface area contributed by atoms with Gasteiger partial charge in [0.2, 0.25) is 0 Å². The standard InChI is InChI=1S/C7H12N2O.C7H10N2O/c2*1-6-5-8-7(2)9(6)3-4-10/h5,10H,3-4H2,1-2H3;4-5H,3H2,1-2H3. The second-order valence-electron chi connectivity index (χ2n) is 4.55. The highest BCUT2D eigenvalue weighted by atomic mass is 16.3. The first-order valence-corrected chi connectivity index (χ1v) is 6.53. The second-order valence-corrected chi connectivity index (χ2v) is 4.55. The molecule has 0 radical (unpaired) electrons. The molecule has 0 aliphatic heterocycles. The highest BCUT2D eigenvalue weighted by Gasteiger charge is 1.99. The van der Waals surface area contributed by atoms with Gasteiger partial charge in [0.15, 0.2) is 0 Å². The first-order valence-electron chi connectivity index (χ1n) is 6.53. The van der Waals surface area contributed by atoms with Gasteiger partial charge >= 0.3 is 0 Å². The topological polar surface area (TPSA) is 72.9 Å². The number of hydrogen-bond donors (Lipinski definition) is 1. The summed E-state index contributed by atoms with van der Waals surface area (Å²) in [6.07, 6.45) is 4.45. The van der Waals surface area contributed by atoms with Crippen LogP contribution >= 0.6 is 0 Å². The number of carbonyl (C=O) groups excluding carboxylic acids is 1. The van der Waals surface area contributed by atoms with Crippen LogP contribution in [0.5, 0.6) is 0 Å². The maximum Gasteiger partial charge on any atom is 0.139 e. The highest BCUT2D eigenvalue weighted by molar-refractivity contribution is 5.49. The minimum atomic E-state index is 0.179. The van der Waals surface area contributed by atoms with E-state index in [1.807, 2.05) is 43.0 Å². The van der Waals surface area contributed by atoms with Crippen LogP contribution in [0.1, 0.15) is 23.0 Å². The minimum Gasteiger partial charge on any atom is -0.395 e. The van der Waals surface area contributed by atoms with Gasteiger partial charge in [-0.1, -0.05) is 0 Å². The van der Waals surface area contributed by atoms with E-state index < -0.39 is 0 Å². The van der Waals surface area contributed by atoms with Crippen molar-refractivity contribution in [3.8, 4) is 0 Å². The average molecular weight is 278 g/mol. The van der Waals surface area contributed by atoms with Crippen molar-refractivity contribution in [1.82, 2.24) is 19.1 Å². The number of hydrogen-bond acceptors (Lipinski definition) is 4. The van der Waals surface area contributed by atoms with Gasteiger partial charge in [0.05, 0.1) is 13.2 Å². The summed E-state index contributed by atoms with van der Waals surface area (Å²) in [5.74, 6) is 1.86. The molecule has 2 aromatic heterocycles. The zero-order chi connectivity index (χ0) is 15.1. The molecular weight excluding hydrogens is 256 g/mol. The fraction of sp³-hybridized carbons (Fsp3) is 0.500. The molecule has 0 aliphatic rings. The number of carbonyl (C=O) groups is 1. The van der Waals surface area contributed by atoms with Gasteiger partial charge in [-0.05, 0) is 27.7 Å². The van der Waals surface area contributed by atoms with Crippen molar-refractivity contribution in [3.05, 3.63) is 35.4 Å². The molecule has 2 heterocycles. The third-order valence-corrected chi connectivity index (χ3v) is 3.09. The van der Waals surface area contributed by atoms with Gasteiger partial charge in [-0.2, -0.15) is 0 Å². The van der Waals surface area contributed by atoms with E-state index in [2.05, 4.69) is 9.97 Å². The van der Waals surface area contributed by atoms with Gasteiger partial charge in [0, 0.05) is 30.3 Å². The molecule has 0 unspecified atom stereocenters. The van der Waals surface area contributed by atoms with Gasteiger partial charge < -0.3 is 19.0 Å². The average Bonchev–Trinajstić information content (AvgIpc) is 2.90. The summed E-state index contributed by atoms with van der Waals surface area (Å²) < 4.78 is 3.85. The van der Waals surface area contributed by atoms with Gasteiger partial charge in [-0.25, -0.2) is 9.97 Å². The van der Waals surface area contributed by atoms with E-state index >= 15 is 0 Å². The Bertz CT molecular complexity index is 519. The van der Waals surface area contributed by atoms with Gasteiger partial charge in [0.25, 0.3) is 0 Å². The molecule has 0 spiro atoms. The Labute approximate surface area is 119 Å². The van der Waals surface area contributed by atoms with E-state index in [-0.39, 0.29) is 6.61 Å². The molecule has 6 heteroatoms. The Morgan fingerprint density at radius 2 is 1.55 bits per heavy atom. The molecule has 0 saturated carbocycles. The Morgan fingerprint density at radius 1 is 1.05 bits per heavy atom. The molecule has 0 amide bonds. The van der Waals surface area contributed by atoms with Crippen LogP contribution in [0.3, 0.4) is 0 Å². The molecule has 2 aromatic rings. The van der Waals surface area contributed by atoms with Gasteiger partial charge in [-0.15, -0.1) is 0 Å². The van der Waals surface area contributed by atoms with Crippen LogP contribution in [-0.4, -0.2) is 37.1 Å². The lowest BCUT2D eigenvalue weighted by Gasteiger charge is -2.03. The monoisotopic (exact) mass is 278 g/mol. The minimum absolute atomic E-state index is 0.179. The van der Waals surface area contributed by atoms with E-state index in [1.165, 1.54) is 0 Å². The normalized spacial score (nSPS) is 10.1. The molecule has 0 bridgehead atoms. The zero-order valence-electron chi connectivity index (χ0n) is 12.5. The molecule has 0 fully saturated rings. The SMILES string of the molecule is Cc1cnc(C)n1CC=O.Cc1cnc(C)n1CCO. The molecule has 1 N–H and O–H groups in total.